The van der Waals surface area contributed by atoms with E-state index < -0.39 is 29.3 Å². The van der Waals surface area contributed by atoms with Crippen LogP contribution in [0.25, 0.3) is 0 Å². The molecule has 0 spiro atoms. The van der Waals surface area contributed by atoms with Crippen molar-refractivity contribution in [2.75, 3.05) is 6.54 Å². The molecule has 7 atom stereocenters. The van der Waals surface area contributed by atoms with Gasteiger partial charge in [0.1, 0.15) is 5.54 Å². The average molecular weight is 623 g/mol. The average Bonchev–Trinajstić information content (AvgIpc) is 3.43. The fourth-order valence-electron chi connectivity index (χ4n) is 8.76. The highest BCUT2D eigenvalue weighted by atomic mass is 127. The molecule has 4 aliphatic rings. The van der Waals surface area contributed by atoms with Gasteiger partial charge < -0.3 is 15.8 Å². The smallest absolute Gasteiger partial charge is 0.328 e. The SMILES string of the molecule is C[C@@]12CCCC1C1CCC3CC(C(CC(N)=O)(NCCc4c[nH]c(I)n4)C(=O)O)=CC(=O)[C@]3(C)C1CC2. The highest BCUT2D eigenvalue weighted by Crippen LogP contribution is 2.65. The molecule has 37 heavy (non-hydrogen) atoms. The first-order chi connectivity index (χ1) is 17.5. The minimum absolute atomic E-state index is 0.0359. The van der Waals surface area contributed by atoms with Crippen molar-refractivity contribution >= 4 is 40.3 Å². The zero-order valence-corrected chi connectivity index (χ0v) is 24.0. The number of nitrogens with one attached hydrogen (secondary N) is 2. The summed E-state index contributed by atoms with van der Waals surface area (Å²) in [6.07, 6.45) is 12.1. The lowest BCUT2D eigenvalue weighted by molar-refractivity contribution is -0.148. The Hall–Kier alpha value is -1.75. The van der Waals surface area contributed by atoms with E-state index >= 15 is 0 Å². The minimum Gasteiger partial charge on any atom is -0.480 e. The number of halogens is 1. The van der Waals surface area contributed by atoms with Gasteiger partial charge in [0.2, 0.25) is 5.91 Å². The Kier molecular flexibility index (Phi) is 7.09. The quantitative estimate of drug-likeness (QED) is 0.324. The molecule has 202 valence electrons. The molecule has 3 saturated carbocycles. The van der Waals surface area contributed by atoms with Crippen molar-refractivity contribution < 1.29 is 19.5 Å². The van der Waals surface area contributed by atoms with Crippen LogP contribution in [-0.2, 0) is 20.8 Å². The number of carboxylic acid groups (broad SMARTS) is 1. The first kappa shape index (κ1) is 26.8. The van der Waals surface area contributed by atoms with Crippen LogP contribution >= 0.6 is 22.6 Å². The van der Waals surface area contributed by atoms with Gasteiger partial charge >= 0.3 is 5.97 Å². The van der Waals surface area contributed by atoms with E-state index in [1.807, 2.05) is 0 Å². The van der Waals surface area contributed by atoms with Crippen LogP contribution in [0.3, 0.4) is 0 Å². The van der Waals surface area contributed by atoms with Gasteiger partial charge in [-0.3, -0.25) is 14.9 Å². The molecule has 0 saturated heterocycles. The monoisotopic (exact) mass is 622 g/mol. The van der Waals surface area contributed by atoms with E-state index in [1.54, 1.807) is 12.3 Å². The molecule has 8 nitrogen and oxygen atoms in total. The van der Waals surface area contributed by atoms with Gasteiger partial charge in [0, 0.05) is 24.6 Å². The van der Waals surface area contributed by atoms with Gasteiger partial charge in [-0.2, -0.15) is 0 Å². The molecule has 1 amide bonds. The number of aliphatic carboxylic acids is 1. The summed E-state index contributed by atoms with van der Waals surface area (Å²) in [6, 6.07) is 0. The third kappa shape index (κ3) is 4.47. The summed E-state index contributed by atoms with van der Waals surface area (Å²) in [7, 11) is 0. The number of H-pyrrole nitrogens is 1. The summed E-state index contributed by atoms with van der Waals surface area (Å²) in [4.78, 5) is 46.3. The van der Waals surface area contributed by atoms with Crippen LogP contribution in [0.2, 0.25) is 0 Å². The normalized spacial score (nSPS) is 36.6. The molecule has 1 heterocycles. The number of primary amides is 1. The summed E-state index contributed by atoms with van der Waals surface area (Å²) in [6.45, 7) is 4.89. The highest BCUT2D eigenvalue weighted by Gasteiger charge is 2.61. The molecule has 0 radical (unpaired) electrons. The van der Waals surface area contributed by atoms with E-state index in [-0.39, 0.29) is 11.7 Å². The maximum atomic E-state index is 14.0. The molecule has 1 aromatic rings. The molecule has 5 N–H and O–H groups in total. The molecule has 0 bridgehead atoms. The highest BCUT2D eigenvalue weighted by molar-refractivity contribution is 14.1. The Morgan fingerprint density at radius 3 is 2.70 bits per heavy atom. The number of rotatable bonds is 8. The van der Waals surface area contributed by atoms with E-state index in [9.17, 15) is 19.5 Å². The second-order valence-electron chi connectivity index (χ2n) is 12.5. The zero-order valence-electron chi connectivity index (χ0n) is 21.8. The molecule has 0 aromatic carbocycles. The maximum Gasteiger partial charge on any atom is 0.328 e. The van der Waals surface area contributed by atoms with Crippen molar-refractivity contribution in [3.05, 3.63) is 27.4 Å². The standard InChI is InChI=1S/C28H39IN4O4/c1-26-9-3-4-20(26)19-6-5-16-12-17(13-22(34)27(16,2)21(19)7-10-26)28(24(36)37,14-23(30)35)32-11-8-18-15-31-25(29)33-18/h13,15-16,19-21,32H,3-12,14H2,1-2H3,(H2,30,35)(H,31,33)(H,36,37)/t16?,19?,20?,21?,26-,27-,28?/m0/s1. The number of imidazole rings is 1. The molecule has 5 rings (SSSR count). The lowest BCUT2D eigenvalue weighted by Crippen LogP contribution is -2.60. The maximum absolute atomic E-state index is 14.0. The van der Waals surface area contributed by atoms with Crippen LogP contribution in [-0.4, -0.2) is 44.8 Å². The van der Waals surface area contributed by atoms with E-state index in [0.29, 0.717) is 48.1 Å². The Morgan fingerprint density at radius 1 is 1.24 bits per heavy atom. The Morgan fingerprint density at radius 2 is 2.03 bits per heavy atom. The van der Waals surface area contributed by atoms with E-state index in [1.165, 1.54) is 25.7 Å². The van der Waals surface area contributed by atoms with Crippen molar-refractivity contribution in [3.8, 4) is 0 Å². The predicted molar refractivity (Wildman–Crippen MR) is 147 cm³/mol. The van der Waals surface area contributed by atoms with Crippen molar-refractivity contribution in [1.29, 1.82) is 0 Å². The number of carboxylic acids is 1. The van der Waals surface area contributed by atoms with E-state index in [0.717, 1.165) is 28.8 Å². The van der Waals surface area contributed by atoms with Gasteiger partial charge in [0.15, 0.2) is 9.61 Å². The summed E-state index contributed by atoms with van der Waals surface area (Å²) in [5.74, 6) is -0.144. The lowest BCUT2D eigenvalue weighted by Gasteiger charge is -2.59. The molecular formula is C28H39IN4O4. The summed E-state index contributed by atoms with van der Waals surface area (Å²) in [5, 5.41) is 13.6. The number of carbonyl (C=O) groups is 3. The van der Waals surface area contributed by atoms with E-state index in [2.05, 4.69) is 51.7 Å². The second kappa shape index (κ2) is 9.77. The van der Waals surface area contributed by atoms with E-state index in [4.69, 9.17) is 5.73 Å². The van der Waals surface area contributed by atoms with Crippen LogP contribution in [0.5, 0.6) is 0 Å². The number of carbonyl (C=O) groups excluding carboxylic acids is 2. The number of hydrogen-bond acceptors (Lipinski definition) is 5. The van der Waals surface area contributed by atoms with Crippen molar-refractivity contribution in [3.63, 3.8) is 0 Å². The first-order valence-electron chi connectivity index (χ1n) is 13.7. The number of nitrogens with zero attached hydrogens (tertiary/aromatic N) is 1. The number of nitrogens with two attached hydrogens (primary N) is 1. The fourth-order valence-corrected chi connectivity index (χ4v) is 9.23. The molecule has 0 aliphatic heterocycles. The van der Waals surface area contributed by atoms with Crippen LogP contribution in [0, 0.1) is 38.3 Å². The number of fused-ring (bicyclic) bond motifs is 5. The molecule has 1 aromatic heterocycles. The number of hydrogen-bond donors (Lipinski definition) is 4. The number of ketones is 1. The van der Waals surface area contributed by atoms with Crippen LogP contribution in [0.1, 0.15) is 77.3 Å². The number of allylic oxidation sites excluding steroid dienone is 1. The number of aromatic amines is 1. The third-order valence-corrected chi connectivity index (χ3v) is 11.3. The summed E-state index contributed by atoms with van der Waals surface area (Å²) >= 11 is 2.08. The fraction of sp³-hybridized carbons (Fsp3) is 0.714. The molecule has 5 unspecified atom stereocenters. The van der Waals surface area contributed by atoms with Crippen LogP contribution in [0.4, 0.5) is 0 Å². The Balaban J connectivity index is 1.43. The summed E-state index contributed by atoms with van der Waals surface area (Å²) < 4.78 is 0.755. The molecule has 9 heteroatoms. The van der Waals surface area contributed by atoms with Crippen LogP contribution < -0.4 is 11.1 Å². The van der Waals surface area contributed by atoms with Gasteiger partial charge in [-0.1, -0.05) is 20.3 Å². The Bertz CT molecular complexity index is 1130. The second-order valence-corrected chi connectivity index (χ2v) is 13.5. The van der Waals surface area contributed by atoms with Crippen molar-refractivity contribution in [2.24, 2.45) is 40.2 Å². The minimum atomic E-state index is -1.69. The molecule has 3 fully saturated rings. The predicted octanol–water partition coefficient (Wildman–Crippen LogP) is 3.99. The number of aromatic nitrogens is 2. The summed E-state index contributed by atoms with van der Waals surface area (Å²) in [5.41, 5.74) is 5.11. The van der Waals surface area contributed by atoms with Gasteiger partial charge in [0.05, 0.1) is 12.1 Å². The largest absolute Gasteiger partial charge is 0.480 e. The zero-order chi connectivity index (χ0) is 26.6. The third-order valence-electron chi connectivity index (χ3n) is 10.7. The molecule has 4 aliphatic carbocycles. The van der Waals surface area contributed by atoms with Crippen molar-refractivity contribution in [1.82, 2.24) is 15.3 Å². The molecular weight excluding hydrogens is 583 g/mol. The van der Waals surface area contributed by atoms with Crippen LogP contribution in [0.15, 0.2) is 17.8 Å². The van der Waals surface area contributed by atoms with Gasteiger partial charge in [0.25, 0.3) is 0 Å². The van der Waals surface area contributed by atoms with Gasteiger partial charge in [-0.05, 0) is 108 Å². The first-order valence-corrected chi connectivity index (χ1v) is 14.8. The van der Waals surface area contributed by atoms with Crippen molar-refractivity contribution in [2.45, 2.75) is 83.6 Å². The lowest BCUT2D eigenvalue weighted by atomic mass is 9.45. The Labute approximate surface area is 232 Å². The van der Waals surface area contributed by atoms with Gasteiger partial charge in [-0.25, -0.2) is 9.78 Å². The number of amides is 1. The topological polar surface area (TPSA) is 138 Å². The van der Waals surface area contributed by atoms with Gasteiger partial charge in [-0.15, -0.1) is 0 Å².